The fraction of sp³-hybridized carbons (Fsp3) is 0.406. The number of allylic oxidation sites excluding steroid dienone is 2. The molecule has 0 aliphatic rings. The Morgan fingerprint density at radius 1 is 0.974 bits per heavy atom. The third-order valence-corrected chi connectivity index (χ3v) is 6.45. The van der Waals surface area contributed by atoms with Gasteiger partial charge in [0.15, 0.2) is 0 Å². The number of ether oxygens (including phenoxy) is 1. The van der Waals surface area contributed by atoms with Crippen LogP contribution in [0.15, 0.2) is 86.0 Å². The summed E-state index contributed by atoms with van der Waals surface area (Å²) in [5, 5.41) is 14.7. The normalized spacial score (nSPS) is 13.8. The molecule has 0 spiro atoms. The SMILES string of the molecule is C=CCCCC(Cc1ccccc1)C(=O)OC(CNC(=O)C(CC=C)CC(=O)NC(C)CO)c1ccccc1. The molecule has 0 heterocycles. The van der Waals surface area contributed by atoms with Gasteiger partial charge >= 0.3 is 5.97 Å². The average Bonchev–Trinajstić information content (AvgIpc) is 2.95. The molecule has 0 fully saturated rings. The zero-order chi connectivity index (χ0) is 28.5. The lowest BCUT2D eigenvalue weighted by atomic mass is 9.94. The lowest BCUT2D eigenvalue weighted by Crippen LogP contribution is -2.40. The summed E-state index contributed by atoms with van der Waals surface area (Å²) >= 11 is 0. The molecule has 0 aliphatic heterocycles. The highest BCUT2D eigenvalue weighted by Gasteiger charge is 2.27. The second-order valence-electron chi connectivity index (χ2n) is 9.76. The van der Waals surface area contributed by atoms with Crippen molar-refractivity contribution < 1.29 is 24.2 Å². The zero-order valence-electron chi connectivity index (χ0n) is 22.9. The van der Waals surface area contributed by atoms with Gasteiger partial charge in [-0.25, -0.2) is 0 Å². The molecule has 39 heavy (non-hydrogen) atoms. The molecule has 0 saturated carbocycles. The van der Waals surface area contributed by atoms with Crippen LogP contribution in [0.1, 0.15) is 56.3 Å². The van der Waals surface area contributed by atoms with E-state index in [1.807, 2.05) is 66.7 Å². The van der Waals surface area contributed by atoms with Crippen molar-refractivity contribution in [3.8, 4) is 0 Å². The Balaban J connectivity index is 2.13. The minimum absolute atomic E-state index is 0.0412. The van der Waals surface area contributed by atoms with Gasteiger partial charge in [0, 0.05) is 12.5 Å². The molecule has 2 aromatic rings. The van der Waals surface area contributed by atoms with Gasteiger partial charge in [-0.15, -0.1) is 13.2 Å². The summed E-state index contributed by atoms with van der Waals surface area (Å²) in [6, 6.07) is 18.8. The molecule has 4 atom stereocenters. The van der Waals surface area contributed by atoms with Gasteiger partial charge in [-0.3, -0.25) is 14.4 Å². The number of nitrogens with one attached hydrogen (secondary N) is 2. The Morgan fingerprint density at radius 3 is 2.26 bits per heavy atom. The van der Waals surface area contributed by atoms with Crippen molar-refractivity contribution in [3.05, 3.63) is 97.1 Å². The molecule has 4 unspecified atom stereocenters. The molecule has 2 aromatic carbocycles. The number of hydrogen-bond acceptors (Lipinski definition) is 5. The maximum Gasteiger partial charge on any atom is 0.309 e. The molecular weight excluding hydrogens is 492 g/mol. The van der Waals surface area contributed by atoms with Gasteiger partial charge in [0.05, 0.1) is 25.0 Å². The van der Waals surface area contributed by atoms with Crippen molar-refractivity contribution in [2.45, 2.75) is 57.6 Å². The lowest BCUT2D eigenvalue weighted by molar-refractivity contribution is -0.155. The van der Waals surface area contributed by atoms with Crippen LogP contribution in [0, 0.1) is 11.8 Å². The number of hydrogen-bond donors (Lipinski definition) is 3. The number of unbranched alkanes of at least 4 members (excludes halogenated alkanes) is 1. The maximum atomic E-state index is 13.4. The van der Waals surface area contributed by atoms with E-state index in [9.17, 15) is 19.5 Å². The van der Waals surface area contributed by atoms with E-state index in [1.54, 1.807) is 13.0 Å². The first-order valence-electron chi connectivity index (χ1n) is 13.6. The van der Waals surface area contributed by atoms with Crippen LogP contribution in [0.4, 0.5) is 0 Å². The third kappa shape index (κ3) is 11.7. The monoisotopic (exact) mass is 534 g/mol. The minimum atomic E-state index is -0.687. The highest BCUT2D eigenvalue weighted by atomic mass is 16.5. The molecule has 0 saturated heterocycles. The van der Waals surface area contributed by atoms with E-state index in [0.717, 1.165) is 24.0 Å². The first kappa shape index (κ1) is 31.5. The van der Waals surface area contributed by atoms with Gasteiger partial charge < -0.3 is 20.5 Å². The van der Waals surface area contributed by atoms with Gasteiger partial charge in [0.1, 0.15) is 6.10 Å². The number of aliphatic hydroxyl groups excluding tert-OH is 1. The third-order valence-electron chi connectivity index (χ3n) is 6.45. The van der Waals surface area contributed by atoms with Crippen molar-refractivity contribution in [3.63, 3.8) is 0 Å². The predicted octanol–water partition coefficient (Wildman–Crippen LogP) is 4.68. The van der Waals surface area contributed by atoms with E-state index in [4.69, 9.17) is 4.74 Å². The number of rotatable bonds is 18. The first-order chi connectivity index (χ1) is 18.9. The molecule has 2 rings (SSSR count). The minimum Gasteiger partial charge on any atom is -0.455 e. The topological polar surface area (TPSA) is 105 Å². The van der Waals surface area contributed by atoms with Crippen LogP contribution >= 0.6 is 0 Å². The van der Waals surface area contributed by atoms with Gasteiger partial charge in [-0.2, -0.15) is 0 Å². The van der Waals surface area contributed by atoms with Gasteiger partial charge in [-0.05, 0) is 50.2 Å². The summed E-state index contributed by atoms with van der Waals surface area (Å²) in [5.41, 5.74) is 1.83. The molecule has 7 heteroatoms. The summed E-state index contributed by atoms with van der Waals surface area (Å²) in [6.45, 7) is 9.05. The van der Waals surface area contributed by atoms with E-state index >= 15 is 0 Å². The Morgan fingerprint density at radius 2 is 1.64 bits per heavy atom. The van der Waals surface area contributed by atoms with Crippen LogP contribution in [0.5, 0.6) is 0 Å². The van der Waals surface area contributed by atoms with Crippen LogP contribution in [0.3, 0.4) is 0 Å². The molecule has 0 radical (unpaired) electrons. The molecule has 210 valence electrons. The van der Waals surface area contributed by atoms with Gasteiger partial charge in [0.2, 0.25) is 11.8 Å². The van der Waals surface area contributed by atoms with Crippen molar-refractivity contribution in [2.75, 3.05) is 13.2 Å². The molecule has 0 aromatic heterocycles. The molecule has 2 amide bonds. The Hall–Kier alpha value is -3.71. The average molecular weight is 535 g/mol. The van der Waals surface area contributed by atoms with E-state index < -0.39 is 18.1 Å². The molecule has 0 aliphatic carbocycles. The summed E-state index contributed by atoms with van der Waals surface area (Å²) in [5.74, 6) is -1.94. The second kappa shape index (κ2) is 17.7. The molecular formula is C32H42N2O5. The molecule has 3 N–H and O–H groups in total. The Bertz CT molecular complexity index is 1040. The summed E-state index contributed by atoms with van der Waals surface area (Å²) in [6.07, 6.45) is 5.88. The predicted molar refractivity (Wildman–Crippen MR) is 154 cm³/mol. The summed E-state index contributed by atoms with van der Waals surface area (Å²) in [4.78, 5) is 38.8. The fourth-order valence-corrected chi connectivity index (χ4v) is 4.27. The van der Waals surface area contributed by atoms with Crippen LogP contribution in [0.25, 0.3) is 0 Å². The van der Waals surface area contributed by atoms with Crippen LogP contribution in [0.2, 0.25) is 0 Å². The fourth-order valence-electron chi connectivity index (χ4n) is 4.27. The van der Waals surface area contributed by atoms with Crippen molar-refractivity contribution in [2.24, 2.45) is 11.8 Å². The summed E-state index contributed by atoms with van der Waals surface area (Å²) < 4.78 is 6.03. The highest BCUT2D eigenvalue weighted by molar-refractivity contribution is 5.86. The van der Waals surface area contributed by atoms with Crippen LogP contribution in [-0.4, -0.2) is 42.1 Å². The lowest BCUT2D eigenvalue weighted by Gasteiger charge is -2.24. The number of benzene rings is 2. The molecule has 7 nitrogen and oxygen atoms in total. The van der Waals surface area contributed by atoms with Gasteiger partial charge in [0.25, 0.3) is 0 Å². The summed E-state index contributed by atoms with van der Waals surface area (Å²) in [7, 11) is 0. The quantitative estimate of drug-likeness (QED) is 0.146. The van der Waals surface area contributed by atoms with Crippen molar-refractivity contribution in [1.29, 1.82) is 0 Å². The van der Waals surface area contributed by atoms with Gasteiger partial charge in [-0.1, -0.05) is 72.8 Å². The zero-order valence-corrected chi connectivity index (χ0v) is 22.9. The van der Waals surface area contributed by atoms with Crippen molar-refractivity contribution in [1.82, 2.24) is 10.6 Å². The van der Waals surface area contributed by atoms with Crippen molar-refractivity contribution >= 4 is 17.8 Å². The number of carbonyl (C=O) groups is 3. The first-order valence-corrected chi connectivity index (χ1v) is 13.6. The Labute approximate surface area is 232 Å². The van der Waals surface area contributed by atoms with E-state index in [2.05, 4.69) is 23.8 Å². The highest BCUT2D eigenvalue weighted by Crippen LogP contribution is 2.23. The second-order valence-corrected chi connectivity index (χ2v) is 9.76. The Kier molecular flexibility index (Phi) is 14.3. The maximum absolute atomic E-state index is 13.4. The number of esters is 1. The number of aliphatic hydroxyl groups is 1. The van der Waals surface area contributed by atoms with E-state index in [1.165, 1.54) is 0 Å². The largest absolute Gasteiger partial charge is 0.455 e. The number of amides is 2. The van der Waals surface area contributed by atoms with Crippen LogP contribution in [-0.2, 0) is 25.5 Å². The van der Waals surface area contributed by atoms with E-state index in [-0.39, 0.29) is 43.3 Å². The standard InChI is InChI=1S/C32H42N2O5/c1-4-6-9-19-28(20-25-15-10-7-11-16-25)32(38)39-29(26-17-12-8-13-18-26)22-33-31(37)27(14-5-2)21-30(36)34-24(3)23-35/h4-5,7-8,10-13,15-18,24,27-29,35H,1-2,6,9,14,19-23H2,3H3,(H,33,37)(H,34,36). The van der Waals surface area contributed by atoms with E-state index in [0.29, 0.717) is 19.3 Å². The smallest absolute Gasteiger partial charge is 0.309 e. The van der Waals surface area contributed by atoms with Crippen LogP contribution < -0.4 is 10.6 Å². The molecule has 0 bridgehead atoms. The number of carbonyl (C=O) groups excluding carboxylic acids is 3.